The molecule has 2 aromatic rings. The summed E-state index contributed by atoms with van der Waals surface area (Å²) in [5.74, 6) is 0. The molecule has 1 atom stereocenters. The maximum atomic E-state index is 10.6. The Hall–Kier alpha value is -1.21. The van der Waals surface area contributed by atoms with E-state index in [4.69, 9.17) is 4.43 Å². The zero-order valence-corrected chi connectivity index (χ0v) is 19.1. The van der Waals surface area contributed by atoms with E-state index in [1.165, 1.54) is 10.4 Å². The van der Waals surface area contributed by atoms with E-state index in [0.29, 0.717) is 6.61 Å². The number of aliphatic hydroxyl groups is 1. The normalized spacial score (nSPS) is 14.3. The molecule has 2 nitrogen and oxygen atoms in total. The molecular formula is C22H34O2Si2. The summed E-state index contributed by atoms with van der Waals surface area (Å²) < 4.78 is 6.79. The highest BCUT2D eigenvalue weighted by molar-refractivity contribution is 6.99. The van der Waals surface area contributed by atoms with Crippen LogP contribution in [-0.4, -0.2) is 34.2 Å². The van der Waals surface area contributed by atoms with Crippen LogP contribution >= 0.6 is 0 Å². The molecule has 0 aliphatic carbocycles. The van der Waals surface area contributed by atoms with Gasteiger partial charge in [0.25, 0.3) is 8.32 Å². The van der Waals surface area contributed by atoms with Crippen LogP contribution in [0.5, 0.6) is 0 Å². The maximum Gasteiger partial charge on any atom is 0.261 e. The standard InChI is InChI=1S/C22H34O2Si2/c1-22(2,3)26(20-13-9-7-10-14-20,21-15-11-8-12-16-21)24-17-19(23)18-25(4,5)6/h7-16,19,23H,17-18H2,1-6H3/t19-/m1/s1. The van der Waals surface area contributed by atoms with Crippen LogP contribution in [0.2, 0.25) is 30.7 Å². The second-order valence-electron chi connectivity index (χ2n) is 9.39. The lowest BCUT2D eigenvalue weighted by molar-refractivity contribution is 0.116. The van der Waals surface area contributed by atoms with E-state index in [1.54, 1.807) is 0 Å². The molecule has 2 rings (SSSR count). The Kier molecular flexibility index (Phi) is 6.67. The molecule has 26 heavy (non-hydrogen) atoms. The lowest BCUT2D eigenvalue weighted by Crippen LogP contribution is -2.67. The molecule has 2 aromatic carbocycles. The molecule has 0 aliphatic heterocycles. The van der Waals surface area contributed by atoms with Gasteiger partial charge in [-0.15, -0.1) is 0 Å². The molecule has 0 aliphatic rings. The Bertz CT molecular complexity index is 633. The van der Waals surface area contributed by atoms with Gasteiger partial charge in [-0.3, -0.25) is 0 Å². The average Bonchev–Trinajstić information content (AvgIpc) is 2.54. The second kappa shape index (κ2) is 8.21. The van der Waals surface area contributed by atoms with Crippen molar-refractivity contribution in [2.24, 2.45) is 0 Å². The van der Waals surface area contributed by atoms with Crippen molar-refractivity contribution in [3.63, 3.8) is 0 Å². The van der Waals surface area contributed by atoms with E-state index >= 15 is 0 Å². The van der Waals surface area contributed by atoms with Crippen LogP contribution in [0.1, 0.15) is 20.8 Å². The van der Waals surface area contributed by atoms with E-state index in [2.05, 4.69) is 101 Å². The van der Waals surface area contributed by atoms with Gasteiger partial charge >= 0.3 is 0 Å². The van der Waals surface area contributed by atoms with Gasteiger partial charge in [0.2, 0.25) is 0 Å². The average molecular weight is 387 g/mol. The van der Waals surface area contributed by atoms with E-state index in [0.717, 1.165) is 6.04 Å². The van der Waals surface area contributed by atoms with Crippen LogP contribution in [0.15, 0.2) is 60.7 Å². The van der Waals surface area contributed by atoms with Gasteiger partial charge in [0.15, 0.2) is 0 Å². The predicted octanol–water partition coefficient (Wildman–Crippen LogP) is 4.26. The van der Waals surface area contributed by atoms with Crippen molar-refractivity contribution in [3.05, 3.63) is 60.7 Å². The fraction of sp³-hybridized carbons (Fsp3) is 0.455. The first-order valence-corrected chi connectivity index (χ1v) is 15.1. The zero-order chi connectivity index (χ0) is 19.4. The summed E-state index contributed by atoms with van der Waals surface area (Å²) in [6, 6.07) is 22.1. The van der Waals surface area contributed by atoms with Gasteiger partial charge in [0.05, 0.1) is 12.7 Å². The van der Waals surface area contributed by atoms with Crippen LogP contribution in [0.25, 0.3) is 0 Å². The third-order valence-electron chi connectivity index (χ3n) is 4.76. The highest BCUT2D eigenvalue weighted by Crippen LogP contribution is 2.37. The summed E-state index contributed by atoms with van der Waals surface area (Å²) in [6.45, 7) is 14.1. The van der Waals surface area contributed by atoms with E-state index < -0.39 is 22.5 Å². The molecule has 0 unspecified atom stereocenters. The van der Waals surface area contributed by atoms with Crippen molar-refractivity contribution in [2.45, 2.75) is 57.6 Å². The molecule has 0 radical (unpaired) electrons. The first kappa shape index (κ1) is 21.1. The maximum absolute atomic E-state index is 10.6. The van der Waals surface area contributed by atoms with Gasteiger partial charge in [0.1, 0.15) is 0 Å². The van der Waals surface area contributed by atoms with Crippen molar-refractivity contribution < 1.29 is 9.53 Å². The second-order valence-corrected chi connectivity index (χ2v) is 19.2. The Morgan fingerprint density at radius 1 is 0.846 bits per heavy atom. The summed E-state index contributed by atoms with van der Waals surface area (Å²) in [5, 5.41) is 13.1. The largest absolute Gasteiger partial charge is 0.405 e. The Morgan fingerprint density at radius 2 is 1.27 bits per heavy atom. The minimum Gasteiger partial charge on any atom is -0.405 e. The minimum absolute atomic E-state index is 0.0470. The van der Waals surface area contributed by atoms with Crippen LogP contribution in [-0.2, 0) is 4.43 Å². The smallest absolute Gasteiger partial charge is 0.261 e. The fourth-order valence-electron chi connectivity index (χ4n) is 3.75. The van der Waals surface area contributed by atoms with Gasteiger partial charge in [-0.1, -0.05) is 101 Å². The van der Waals surface area contributed by atoms with Crippen molar-refractivity contribution in [2.75, 3.05) is 6.61 Å². The first-order chi connectivity index (χ1) is 12.1. The highest BCUT2D eigenvalue weighted by atomic mass is 28.4. The Labute approximate surface area is 161 Å². The number of benzene rings is 2. The fourth-order valence-corrected chi connectivity index (χ4v) is 9.88. The molecule has 0 fully saturated rings. The van der Waals surface area contributed by atoms with Crippen LogP contribution in [0.4, 0.5) is 0 Å². The molecule has 0 bridgehead atoms. The third kappa shape index (κ3) is 4.94. The third-order valence-corrected chi connectivity index (χ3v) is 11.5. The van der Waals surface area contributed by atoms with Gasteiger partial charge in [-0.25, -0.2) is 0 Å². The molecule has 0 amide bonds. The highest BCUT2D eigenvalue weighted by Gasteiger charge is 2.50. The van der Waals surface area contributed by atoms with Crippen molar-refractivity contribution >= 4 is 26.8 Å². The quantitative estimate of drug-likeness (QED) is 0.720. The van der Waals surface area contributed by atoms with Gasteiger partial charge in [-0.2, -0.15) is 0 Å². The van der Waals surface area contributed by atoms with E-state index in [-0.39, 0.29) is 5.04 Å². The minimum atomic E-state index is -2.53. The lowest BCUT2D eigenvalue weighted by Gasteiger charge is -2.43. The molecule has 142 valence electrons. The topological polar surface area (TPSA) is 29.5 Å². The zero-order valence-electron chi connectivity index (χ0n) is 17.1. The molecule has 1 N–H and O–H groups in total. The Balaban J connectivity index is 2.47. The van der Waals surface area contributed by atoms with Crippen molar-refractivity contribution in [1.29, 1.82) is 0 Å². The molecule has 0 saturated heterocycles. The van der Waals surface area contributed by atoms with E-state index in [1.807, 2.05) is 0 Å². The van der Waals surface area contributed by atoms with Crippen LogP contribution < -0.4 is 10.4 Å². The lowest BCUT2D eigenvalue weighted by atomic mass is 10.2. The summed E-state index contributed by atoms with van der Waals surface area (Å²) >= 11 is 0. The summed E-state index contributed by atoms with van der Waals surface area (Å²) in [6.07, 6.45) is -0.400. The number of aliphatic hydroxyl groups excluding tert-OH is 1. The summed E-state index contributed by atoms with van der Waals surface area (Å²) in [7, 11) is -3.87. The number of hydrogen-bond acceptors (Lipinski definition) is 2. The monoisotopic (exact) mass is 386 g/mol. The van der Waals surface area contributed by atoms with Crippen LogP contribution in [0.3, 0.4) is 0 Å². The molecule has 0 saturated carbocycles. The molecule has 0 spiro atoms. The predicted molar refractivity (Wildman–Crippen MR) is 118 cm³/mol. The van der Waals surface area contributed by atoms with Crippen LogP contribution in [0, 0.1) is 0 Å². The number of rotatable bonds is 7. The van der Waals surface area contributed by atoms with E-state index in [9.17, 15) is 5.11 Å². The van der Waals surface area contributed by atoms with Crippen molar-refractivity contribution in [3.8, 4) is 0 Å². The Morgan fingerprint density at radius 3 is 1.62 bits per heavy atom. The van der Waals surface area contributed by atoms with Gasteiger partial charge < -0.3 is 9.53 Å². The molecule has 0 aromatic heterocycles. The van der Waals surface area contributed by atoms with Crippen molar-refractivity contribution in [1.82, 2.24) is 0 Å². The summed E-state index contributed by atoms with van der Waals surface area (Å²) in [5.41, 5.74) is 0. The summed E-state index contributed by atoms with van der Waals surface area (Å²) in [4.78, 5) is 0. The molecule has 4 heteroatoms. The molecule has 0 heterocycles. The van der Waals surface area contributed by atoms with Gasteiger partial charge in [-0.05, 0) is 21.5 Å². The molecular weight excluding hydrogens is 352 g/mol. The number of hydrogen-bond donors (Lipinski definition) is 1. The first-order valence-electron chi connectivity index (χ1n) is 9.49. The SMILES string of the molecule is CC(C)(C)[Si](OC[C@@H](O)C[Si](C)(C)C)(c1ccccc1)c1ccccc1. The van der Waals surface area contributed by atoms with Gasteiger partial charge in [0, 0.05) is 8.07 Å².